The second-order valence-corrected chi connectivity index (χ2v) is 5.76. The van der Waals surface area contributed by atoms with Gasteiger partial charge in [0.1, 0.15) is 0 Å². The molecule has 1 heteroatoms. The molecule has 0 aromatic heterocycles. The molecule has 0 aliphatic heterocycles. The molecular formula is C15H23N. The van der Waals surface area contributed by atoms with Crippen LogP contribution in [0, 0.1) is 26.7 Å². The van der Waals surface area contributed by atoms with Gasteiger partial charge in [-0.1, -0.05) is 19.1 Å². The van der Waals surface area contributed by atoms with E-state index < -0.39 is 0 Å². The van der Waals surface area contributed by atoms with Gasteiger partial charge < -0.3 is 5.73 Å². The number of rotatable bonds is 1. The van der Waals surface area contributed by atoms with E-state index in [-0.39, 0.29) is 5.54 Å². The first-order chi connectivity index (χ1) is 7.42. The second-order valence-electron chi connectivity index (χ2n) is 5.76. The molecule has 1 aliphatic carbocycles. The fraction of sp³-hybridized carbons (Fsp3) is 0.600. The van der Waals surface area contributed by atoms with Crippen LogP contribution in [0.4, 0.5) is 0 Å². The standard InChI is InChI=1S/C15H23N/c1-10-5-6-15(16,9-10)14-8-12(3)11(2)7-13(14)4/h7-8,10H,5-6,9,16H2,1-4H3. The van der Waals surface area contributed by atoms with Gasteiger partial charge >= 0.3 is 0 Å². The van der Waals surface area contributed by atoms with Gasteiger partial charge in [0, 0.05) is 5.54 Å². The summed E-state index contributed by atoms with van der Waals surface area (Å²) in [4.78, 5) is 0. The van der Waals surface area contributed by atoms with Crippen LogP contribution in [0.5, 0.6) is 0 Å². The van der Waals surface area contributed by atoms with E-state index >= 15 is 0 Å². The Kier molecular flexibility index (Phi) is 2.83. The first kappa shape index (κ1) is 11.7. The van der Waals surface area contributed by atoms with E-state index in [1.54, 1.807) is 0 Å². The molecule has 0 amide bonds. The molecule has 0 radical (unpaired) electrons. The molecule has 2 unspecified atom stereocenters. The Hall–Kier alpha value is -0.820. The van der Waals surface area contributed by atoms with Crippen LogP contribution < -0.4 is 5.73 Å². The quantitative estimate of drug-likeness (QED) is 0.764. The molecule has 1 fully saturated rings. The minimum atomic E-state index is -0.0675. The largest absolute Gasteiger partial charge is 0.321 e. The predicted octanol–water partition coefficient (Wildman–Crippen LogP) is 3.59. The summed E-state index contributed by atoms with van der Waals surface area (Å²) >= 11 is 0. The van der Waals surface area contributed by atoms with Crippen molar-refractivity contribution in [2.24, 2.45) is 11.7 Å². The van der Waals surface area contributed by atoms with Crippen molar-refractivity contribution >= 4 is 0 Å². The highest BCUT2D eigenvalue weighted by atomic mass is 14.8. The van der Waals surface area contributed by atoms with Crippen molar-refractivity contribution in [2.75, 3.05) is 0 Å². The van der Waals surface area contributed by atoms with E-state index in [0.29, 0.717) is 0 Å². The lowest BCUT2D eigenvalue weighted by atomic mass is 9.84. The fourth-order valence-corrected chi connectivity index (χ4v) is 3.07. The molecule has 0 heterocycles. The summed E-state index contributed by atoms with van der Waals surface area (Å²) in [5.41, 5.74) is 12.0. The van der Waals surface area contributed by atoms with Gasteiger partial charge in [-0.2, -0.15) is 0 Å². The average Bonchev–Trinajstić information content (AvgIpc) is 2.53. The number of nitrogens with two attached hydrogens (primary N) is 1. The highest BCUT2D eigenvalue weighted by molar-refractivity contribution is 5.41. The van der Waals surface area contributed by atoms with Crippen LogP contribution in [0.25, 0.3) is 0 Å². The Morgan fingerprint density at radius 1 is 1.12 bits per heavy atom. The summed E-state index contributed by atoms with van der Waals surface area (Å²) in [5.74, 6) is 0.769. The molecule has 1 nitrogen and oxygen atoms in total. The topological polar surface area (TPSA) is 26.0 Å². The normalized spacial score (nSPS) is 29.7. The zero-order chi connectivity index (χ0) is 11.9. The van der Waals surface area contributed by atoms with Crippen LogP contribution in [0.3, 0.4) is 0 Å². The Balaban J connectivity index is 2.44. The zero-order valence-corrected chi connectivity index (χ0v) is 10.9. The molecular weight excluding hydrogens is 194 g/mol. The van der Waals surface area contributed by atoms with Crippen molar-refractivity contribution in [3.63, 3.8) is 0 Å². The van der Waals surface area contributed by atoms with E-state index in [2.05, 4.69) is 39.8 Å². The highest BCUT2D eigenvalue weighted by Gasteiger charge is 2.36. The summed E-state index contributed by atoms with van der Waals surface area (Å²) in [7, 11) is 0. The van der Waals surface area contributed by atoms with Crippen LogP contribution in [0.2, 0.25) is 0 Å². The smallest absolute Gasteiger partial charge is 0.0415 e. The number of aryl methyl sites for hydroxylation is 3. The number of benzene rings is 1. The van der Waals surface area contributed by atoms with Crippen molar-refractivity contribution in [3.8, 4) is 0 Å². The minimum absolute atomic E-state index is 0.0675. The third-order valence-corrected chi connectivity index (χ3v) is 4.17. The van der Waals surface area contributed by atoms with Crippen molar-refractivity contribution in [1.82, 2.24) is 0 Å². The molecule has 2 atom stereocenters. The van der Waals surface area contributed by atoms with Crippen LogP contribution in [0.1, 0.15) is 48.4 Å². The molecule has 1 aliphatic rings. The van der Waals surface area contributed by atoms with Crippen LogP contribution >= 0.6 is 0 Å². The van der Waals surface area contributed by atoms with E-state index in [1.807, 2.05) is 0 Å². The first-order valence-electron chi connectivity index (χ1n) is 6.29. The lowest BCUT2D eigenvalue weighted by Gasteiger charge is -2.27. The van der Waals surface area contributed by atoms with E-state index in [1.165, 1.54) is 28.7 Å². The number of hydrogen-bond donors (Lipinski definition) is 1. The summed E-state index contributed by atoms with van der Waals surface area (Å²) < 4.78 is 0. The summed E-state index contributed by atoms with van der Waals surface area (Å²) in [6.07, 6.45) is 3.54. The lowest BCUT2D eigenvalue weighted by molar-refractivity contribution is 0.438. The molecule has 2 N–H and O–H groups in total. The zero-order valence-electron chi connectivity index (χ0n) is 10.9. The maximum Gasteiger partial charge on any atom is 0.0415 e. The molecule has 0 bridgehead atoms. The molecule has 1 saturated carbocycles. The van der Waals surface area contributed by atoms with Gasteiger partial charge in [-0.15, -0.1) is 0 Å². The fourth-order valence-electron chi connectivity index (χ4n) is 3.07. The van der Waals surface area contributed by atoms with Gasteiger partial charge in [-0.05, 0) is 68.2 Å². The van der Waals surface area contributed by atoms with Crippen molar-refractivity contribution in [1.29, 1.82) is 0 Å². The third kappa shape index (κ3) is 1.89. The van der Waals surface area contributed by atoms with Crippen molar-refractivity contribution in [2.45, 2.75) is 52.5 Å². The maximum absolute atomic E-state index is 6.59. The van der Waals surface area contributed by atoms with Gasteiger partial charge in [-0.3, -0.25) is 0 Å². The molecule has 2 rings (SSSR count). The van der Waals surface area contributed by atoms with Crippen LogP contribution in [0.15, 0.2) is 12.1 Å². The maximum atomic E-state index is 6.59. The van der Waals surface area contributed by atoms with Crippen LogP contribution in [-0.2, 0) is 5.54 Å². The molecule has 0 saturated heterocycles. The highest BCUT2D eigenvalue weighted by Crippen LogP contribution is 2.41. The van der Waals surface area contributed by atoms with Gasteiger partial charge in [-0.25, -0.2) is 0 Å². The summed E-state index contributed by atoms with van der Waals surface area (Å²) in [6, 6.07) is 4.59. The Labute approximate surface area is 99.0 Å². The van der Waals surface area contributed by atoms with E-state index in [0.717, 1.165) is 18.8 Å². The van der Waals surface area contributed by atoms with Crippen molar-refractivity contribution in [3.05, 3.63) is 34.4 Å². The van der Waals surface area contributed by atoms with Crippen LogP contribution in [-0.4, -0.2) is 0 Å². The number of hydrogen-bond acceptors (Lipinski definition) is 1. The summed E-state index contributed by atoms with van der Waals surface area (Å²) in [6.45, 7) is 8.86. The molecule has 1 aromatic rings. The Morgan fingerprint density at radius 3 is 2.31 bits per heavy atom. The Morgan fingerprint density at radius 2 is 1.75 bits per heavy atom. The van der Waals surface area contributed by atoms with E-state index in [4.69, 9.17) is 5.73 Å². The average molecular weight is 217 g/mol. The first-order valence-corrected chi connectivity index (χ1v) is 6.29. The molecule has 0 spiro atoms. The van der Waals surface area contributed by atoms with Gasteiger partial charge in [0.25, 0.3) is 0 Å². The molecule has 88 valence electrons. The predicted molar refractivity (Wildman–Crippen MR) is 69.5 cm³/mol. The monoisotopic (exact) mass is 217 g/mol. The minimum Gasteiger partial charge on any atom is -0.321 e. The summed E-state index contributed by atoms with van der Waals surface area (Å²) in [5, 5.41) is 0. The SMILES string of the molecule is Cc1cc(C)c(C2(N)CCC(C)C2)cc1C. The third-order valence-electron chi connectivity index (χ3n) is 4.17. The molecule has 1 aromatic carbocycles. The van der Waals surface area contributed by atoms with Gasteiger partial charge in [0.2, 0.25) is 0 Å². The van der Waals surface area contributed by atoms with Gasteiger partial charge in [0.05, 0.1) is 0 Å². The Bertz CT molecular complexity index is 408. The van der Waals surface area contributed by atoms with Gasteiger partial charge in [0.15, 0.2) is 0 Å². The second kappa shape index (κ2) is 3.89. The van der Waals surface area contributed by atoms with Crippen molar-refractivity contribution < 1.29 is 0 Å². The van der Waals surface area contributed by atoms with E-state index in [9.17, 15) is 0 Å². The lowest BCUT2D eigenvalue weighted by Crippen LogP contribution is -2.34. The molecule has 16 heavy (non-hydrogen) atoms.